The lowest BCUT2D eigenvalue weighted by atomic mass is 10.2. The van der Waals surface area contributed by atoms with Gasteiger partial charge in [0.05, 0.1) is 21.1 Å². The highest BCUT2D eigenvalue weighted by Crippen LogP contribution is 2.23. The van der Waals surface area contributed by atoms with E-state index in [2.05, 4.69) is 15.2 Å². The van der Waals surface area contributed by atoms with Crippen molar-refractivity contribution in [1.82, 2.24) is 4.98 Å². The van der Waals surface area contributed by atoms with Crippen molar-refractivity contribution in [2.75, 3.05) is 23.3 Å². The maximum atomic E-state index is 12.0. The van der Waals surface area contributed by atoms with Crippen LogP contribution < -0.4 is 10.2 Å². The van der Waals surface area contributed by atoms with E-state index in [4.69, 9.17) is 11.6 Å². The van der Waals surface area contributed by atoms with Crippen molar-refractivity contribution in [3.63, 3.8) is 0 Å². The van der Waals surface area contributed by atoms with Crippen LogP contribution in [0.25, 0.3) is 0 Å². The van der Waals surface area contributed by atoms with Crippen molar-refractivity contribution in [1.29, 1.82) is 0 Å². The van der Waals surface area contributed by atoms with Crippen molar-refractivity contribution in [3.8, 4) is 0 Å². The molecular formula is C17H18ClN3O2S. The summed E-state index contributed by atoms with van der Waals surface area (Å²) in [7, 11) is 0. The molecule has 24 heavy (non-hydrogen) atoms. The smallest absolute Gasteiger partial charge is 0.225 e. The summed E-state index contributed by atoms with van der Waals surface area (Å²) >= 11 is 7.04. The van der Waals surface area contributed by atoms with Crippen LogP contribution in [0.4, 0.5) is 11.5 Å². The van der Waals surface area contributed by atoms with E-state index < -0.39 is 0 Å². The van der Waals surface area contributed by atoms with Crippen LogP contribution >= 0.6 is 22.9 Å². The third kappa shape index (κ3) is 4.33. The molecular weight excluding hydrogens is 346 g/mol. The van der Waals surface area contributed by atoms with Crippen molar-refractivity contribution < 1.29 is 9.59 Å². The van der Waals surface area contributed by atoms with Crippen LogP contribution in [0.3, 0.4) is 0 Å². The Balaban J connectivity index is 1.48. The third-order valence-corrected chi connectivity index (χ3v) is 5.19. The van der Waals surface area contributed by atoms with E-state index in [0.29, 0.717) is 15.0 Å². The first-order valence-electron chi connectivity index (χ1n) is 7.91. The number of rotatable bonds is 6. The Morgan fingerprint density at radius 2 is 1.96 bits per heavy atom. The van der Waals surface area contributed by atoms with Crippen LogP contribution in [-0.2, 0) is 4.79 Å². The van der Waals surface area contributed by atoms with Crippen molar-refractivity contribution in [3.05, 3.63) is 39.7 Å². The van der Waals surface area contributed by atoms with Gasteiger partial charge in [-0.05, 0) is 37.1 Å². The van der Waals surface area contributed by atoms with E-state index in [-0.39, 0.29) is 24.5 Å². The van der Waals surface area contributed by atoms with E-state index in [9.17, 15) is 9.59 Å². The molecule has 1 fully saturated rings. The van der Waals surface area contributed by atoms with Gasteiger partial charge in [-0.25, -0.2) is 4.98 Å². The molecule has 2 aromatic heterocycles. The Morgan fingerprint density at radius 3 is 2.58 bits per heavy atom. The van der Waals surface area contributed by atoms with Crippen LogP contribution in [0.5, 0.6) is 0 Å². The Morgan fingerprint density at radius 1 is 1.17 bits per heavy atom. The van der Waals surface area contributed by atoms with Crippen LogP contribution in [0.1, 0.15) is 35.4 Å². The number of thiophene rings is 1. The van der Waals surface area contributed by atoms with Crippen molar-refractivity contribution >= 4 is 46.1 Å². The first kappa shape index (κ1) is 16.9. The highest BCUT2D eigenvalue weighted by atomic mass is 35.5. The number of hydrogen-bond donors (Lipinski definition) is 1. The maximum Gasteiger partial charge on any atom is 0.225 e. The molecule has 0 aliphatic carbocycles. The zero-order valence-electron chi connectivity index (χ0n) is 13.1. The molecule has 0 spiro atoms. The molecule has 1 amide bonds. The Hall–Kier alpha value is -1.92. The van der Waals surface area contributed by atoms with E-state index in [1.54, 1.807) is 24.4 Å². The third-order valence-electron chi connectivity index (χ3n) is 3.91. The largest absolute Gasteiger partial charge is 0.370 e. The van der Waals surface area contributed by atoms with Gasteiger partial charge in [0.2, 0.25) is 5.91 Å². The van der Waals surface area contributed by atoms with Gasteiger partial charge in [-0.1, -0.05) is 11.6 Å². The SMILES string of the molecule is O=C(CCC(=O)c1ccc(Cl)s1)Nc1ccc(N2CCCC2)cn1. The topological polar surface area (TPSA) is 62.3 Å². The van der Waals surface area contributed by atoms with E-state index in [1.807, 2.05) is 6.07 Å². The maximum absolute atomic E-state index is 12.0. The number of pyridine rings is 1. The predicted molar refractivity (Wildman–Crippen MR) is 97.2 cm³/mol. The quantitative estimate of drug-likeness (QED) is 0.788. The van der Waals surface area contributed by atoms with E-state index in [1.165, 1.54) is 24.2 Å². The van der Waals surface area contributed by atoms with Gasteiger partial charge in [0, 0.05) is 25.9 Å². The number of nitrogens with zero attached hydrogens (tertiary/aromatic N) is 2. The van der Waals surface area contributed by atoms with Crippen LogP contribution in [0, 0.1) is 0 Å². The lowest BCUT2D eigenvalue weighted by Crippen LogP contribution is -2.18. The second-order valence-corrected chi connectivity index (χ2v) is 7.39. The summed E-state index contributed by atoms with van der Waals surface area (Å²) in [4.78, 5) is 31.1. The normalized spacial score (nSPS) is 14.0. The molecule has 0 radical (unpaired) electrons. The minimum Gasteiger partial charge on any atom is -0.370 e. The molecule has 7 heteroatoms. The van der Waals surface area contributed by atoms with Crippen molar-refractivity contribution in [2.45, 2.75) is 25.7 Å². The molecule has 3 rings (SSSR count). The minimum atomic E-state index is -0.215. The van der Waals surface area contributed by atoms with Gasteiger partial charge < -0.3 is 10.2 Å². The van der Waals surface area contributed by atoms with Crippen LogP contribution in [0.15, 0.2) is 30.5 Å². The number of carbonyl (C=O) groups excluding carboxylic acids is 2. The molecule has 0 saturated carbocycles. The zero-order valence-corrected chi connectivity index (χ0v) is 14.7. The summed E-state index contributed by atoms with van der Waals surface area (Å²) in [6.07, 6.45) is 4.49. The fourth-order valence-electron chi connectivity index (χ4n) is 2.64. The lowest BCUT2D eigenvalue weighted by molar-refractivity contribution is -0.116. The van der Waals surface area contributed by atoms with Gasteiger partial charge in [0.1, 0.15) is 5.82 Å². The summed E-state index contributed by atoms with van der Waals surface area (Å²) in [5.74, 6) is 0.224. The second kappa shape index (κ2) is 7.77. The summed E-state index contributed by atoms with van der Waals surface area (Å²) < 4.78 is 0.574. The van der Waals surface area contributed by atoms with Gasteiger partial charge in [0.25, 0.3) is 0 Å². The Bertz CT molecular complexity index is 724. The lowest BCUT2D eigenvalue weighted by Gasteiger charge is -2.17. The molecule has 2 aromatic rings. The molecule has 126 valence electrons. The summed E-state index contributed by atoms with van der Waals surface area (Å²) in [5, 5.41) is 2.73. The van der Waals surface area contributed by atoms with Crippen molar-refractivity contribution in [2.24, 2.45) is 0 Å². The van der Waals surface area contributed by atoms with E-state index in [0.717, 1.165) is 18.8 Å². The second-order valence-electron chi connectivity index (χ2n) is 5.67. The minimum absolute atomic E-state index is 0.0700. The summed E-state index contributed by atoms with van der Waals surface area (Å²) in [6, 6.07) is 7.14. The molecule has 0 aromatic carbocycles. The average Bonchev–Trinajstić information content (AvgIpc) is 3.25. The fraction of sp³-hybridized carbons (Fsp3) is 0.353. The number of ketones is 1. The molecule has 1 N–H and O–H groups in total. The summed E-state index contributed by atoms with van der Waals surface area (Å²) in [5.41, 5.74) is 1.08. The number of carbonyl (C=O) groups is 2. The first-order valence-corrected chi connectivity index (χ1v) is 9.10. The van der Waals surface area contributed by atoms with Crippen LogP contribution in [0.2, 0.25) is 4.34 Å². The Kier molecular flexibility index (Phi) is 5.48. The standard InChI is InChI=1S/C17H18ClN3O2S/c18-15-6-5-14(24-15)13(22)4-8-17(23)20-16-7-3-12(11-19-16)21-9-1-2-10-21/h3,5-7,11H,1-2,4,8-10H2,(H,19,20,23). The number of amides is 1. The molecule has 3 heterocycles. The number of anilines is 2. The molecule has 1 aliphatic heterocycles. The highest BCUT2D eigenvalue weighted by molar-refractivity contribution is 7.18. The van der Waals surface area contributed by atoms with Crippen LogP contribution in [-0.4, -0.2) is 29.8 Å². The van der Waals surface area contributed by atoms with Gasteiger partial charge in [0.15, 0.2) is 5.78 Å². The predicted octanol–water partition coefficient (Wildman–Crippen LogP) is 4.00. The van der Waals surface area contributed by atoms with Gasteiger partial charge in [-0.2, -0.15) is 0 Å². The number of aromatic nitrogens is 1. The Labute approximate surface area is 149 Å². The molecule has 0 bridgehead atoms. The van der Waals surface area contributed by atoms with E-state index >= 15 is 0 Å². The number of hydrogen-bond acceptors (Lipinski definition) is 5. The number of Topliss-reactive ketones (excluding diaryl/α,β-unsaturated/α-hetero) is 1. The fourth-order valence-corrected chi connectivity index (χ4v) is 3.65. The van der Waals surface area contributed by atoms with Gasteiger partial charge in [-0.15, -0.1) is 11.3 Å². The summed E-state index contributed by atoms with van der Waals surface area (Å²) in [6.45, 7) is 2.12. The van der Waals surface area contributed by atoms with Gasteiger partial charge >= 0.3 is 0 Å². The first-order chi connectivity index (χ1) is 11.6. The molecule has 0 atom stereocenters. The molecule has 1 aliphatic rings. The monoisotopic (exact) mass is 363 g/mol. The molecule has 0 unspecified atom stereocenters. The number of nitrogens with one attached hydrogen (secondary N) is 1. The average molecular weight is 364 g/mol. The molecule has 5 nitrogen and oxygen atoms in total. The zero-order chi connectivity index (χ0) is 16.9. The van der Waals surface area contributed by atoms with Gasteiger partial charge in [-0.3, -0.25) is 9.59 Å². The molecule has 1 saturated heterocycles. The highest BCUT2D eigenvalue weighted by Gasteiger charge is 2.14. The number of halogens is 1.